The number of carbonyl (C=O) groups is 1. The first kappa shape index (κ1) is 44.7. The minimum Gasteiger partial charge on any atom is -0.489 e. The normalized spacial score (nSPS) is 21.0. The van der Waals surface area contributed by atoms with Gasteiger partial charge in [0.2, 0.25) is 0 Å². The molecule has 3 aromatic rings. The molecular formula is C48H70N4O7. The van der Waals surface area contributed by atoms with Crippen LogP contribution in [0.25, 0.3) is 11.3 Å². The van der Waals surface area contributed by atoms with E-state index in [1.165, 1.54) is 12.8 Å². The maximum absolute atomic E-state index is 14.5. The number of pyridine rings is 3. The Morgan fingerprint density at radius 1 is 0.881 bits per heavy atom. The average Bonchev–Trinajstić information content (AvgIpc) is 3.86. The lowest BCUT2D eigenvalue weighted by Gasteiger charge is -2.41. The Labute approximate surface area is 353 Å². The molecule has 6 rings (SSSR count). The van der Waals surface area contributed by atoms with Gasteiger partial charge >= 0.3 is 5.97 Å². The van der Waals surface area contributed by atoms with Gasteiger partial charge in [-0.1, -0.05) is 13.8 Å². The van der Waals surface area contributed by atoms with Gasteiger partial charge in [0.15, 0.2) is 11.9 Å². The van der Waals surface area contributed by atoms with Crippen molar-refractivity contribution in [2.24, 2.45) is 11.3 Å². The highest BCUT2D eigenvalue weighted by atomic mass is 16.7. The summed E-state index contributed by atoms with van der Waals surface area (Å²) in [6.45, 7) is 20.6. The van der Waals surface area contributed by atoms with Crippen LogP contribution in [0.1, 0.15) is 143 Å². The third kappa shape index (κ3) is 12.6. The molecule has 4 atom stereocenters. The molecule has 11 nitrogen and oxygen atoms in total. The lowest BCUT2D eigenvalue weighted by atomic mass is 9.82. The van der Waals surface area contributed by atoms with E-state index in [4.69, 9.17) is 38.4 Å². The highest BCUT2D eigenvalue weighted by Crippen LogP contribution is 2.44. The maximum atomic E-state index is 14.5. The van der Waals surface area contributed by atoms with Gasteiger partial charge in [-0.25, -0.2) is 4.79 Å². The molecule has 1 aliphatic heterocycles. The molecule has 0 amide bonds. The number of piperidine rings is 1. The molecule has 2 unspecified atom stereocenters. The smallest absolute Gasteiger partial charge is 0.340 e. The first-order valence-corrected chi connectivity index (χ1v) is 22.0. The number of aryl methyl sites for hydroxylation is 1. The SMILES string of the molecule is COC(C)(C)OCCc1ccc(OC2CC[C@@H](CC(C)OC(=O)[C@@H](OC(C)(C)C)c3c(C)ncc(-c4ccc(OC5CCCC5)cn4)c3N3CCC(C)(C)CC3)C2)cn1. The average molecular weight is 815 g/mol. The van der Waals surface area contributed by atoms with Crippen molar-refractivity contribution < 1.29 is 33.2 Å². The zero-order valence-electron chi connectivity index (χ0n) is 37.5. The summed E-state index contributed by atoms with van der Waals surface area (Å²) in [5.41, 5.74) is 4.65. The predicted octanol–water partition coefficient (Wildman–Crippen LogP) is 10.2. The van der Waals surface area contributed by atoms with Crippen molar-refractivity contribution in [1.29, 1.82) is 0 Å². The number of anilines is 1. The van der Waals surface area contributed by atoms with Gasteiger partial charge in [-0.05, 0) is 148 Å². The minimum absolute atomic E-state index is 0.0869. The van der Waals surface area contributed by atoms with Gasteiger partial charge in [-0.3, -0.25) is 15.0 Å². The van der Waals surface area contributed by atoms with E-state index in [-0.39, 0.29) is 23.7 Å². The van der Waals surface area contributed by atoms with E-state index in [1.807, 2.05) is 85.1 Å². The number of hydrogen-bond donors (Lipinski definition) is 0. The van der Waals surface area contributed by atoms with Crippen molar-refractivity contribution in [1.82, 2.24) is 15.0 Å². The highest BCUT2D eigenvalue weighted by Gasteiger charge is 2.38. The summed E-state index contributed by atoms with van der Waals surface area (Å²) in [4.78, 5) is 31.4. The Kier molecular flexibility index (Phi) is 14.6. The fourth-order valence-electron chi connectivity index (χ4n) is 8.58. The fraction of sp³-hybridized carbons (Fsp3) is 0.667. The molecule has 1 saturated heterocycles. The molecule has 3 aromatic heterocycles. The Hall–Kier alpha value is -3.80. The molecule has 11 heteroatoms. The van der Waals surface area contributed by atoms with Crippen LogP contribution in [0.4, 0.5) is 5.69 Å². The van der Waals surface area contributed by atoms with Gasteiger partial charge in [0, 0.05) is 55.3 Å². The van der Waals surface area contributed by atoms with Crippen LogP contribution in [0, 0.1) is 18.3 Å². The summed E-state index contributed by atoms with van der Waals surface area (Å²) in [5.74, 6) is 0.900. The van der Waals surface area contributed by atoms with Crippen molar-refractivity contribution in [3.8, 4) is 22.8 Å². The van der Waals surface area contributed by atoms with Gasteiger partial charge < -0.3 is 33.3 Å². The largest absolute Gasteiger partial charge is 0.489 e. The third-order valence-corrected chi connectivity index (χ3v) is 12.2. The zero-order valence-corrected chi connectivity index (χ0v) is 37.5. The van der Waals surface area contributed by atoms with Crippen molar-refractivity contribution in [2.45, 2.75) is 169 Å². The Morgan fingerprint density at radius 3 is 2.19 bits per heavy atom. The topological polar surface area (TPSA) is 114 Å². The van der Waals surface area contributed by atoms with Crippen LogP contribution in [0.3, 0.4) is 0 Å². The second kappa shape index (κ2) is 19.3. The van der Waals surface area contributed by atoms with Gasteiger partial charge in [-0.2, -0.15) is 0 Å². The molecule has 2 saturated carbocycles. The number of aromatic nitrogens is 3. The van der Waals surface area contributed by atoms with Crippen molar-refractivity contribution in [3.63, 3.8) is 0 Å². The van der Waals surface area contributed by atoms with E-state index in [2.05, 4.69) is 23.7 Å². The summed E-state index contributed by atoms with van der Waals surface area (Å²) in [5, 5.41) is 0. The number of esters is 1. The third-order valence-electron chi connectivity index (χ3n) is 12.2. The molecule has 0 radical (unpaired) electrons. The summed E-state index contributed by atoms with van der Waals surface area (Å²) in [6.07, 6.45) is 15.5. The Morgan fingerprint density at radius 2 is 1.56 bits per heavy atom. The quantitative estimate of drug-likeness (QED) is 0.0958. The van der Waals surface area contributed by atoms with Gasteiger partial charge in [0.05, 0.1) is 54.3 Å². The van der Waals surface area contributed by atoms with Crippen molar-refractivity contribution in [3.05, 3.63) is 59.8 Å². The molecule has 0 N–H and O–H groups in total. The lowest BCUT2D eigenvalue weighted by Crippen LogP contribution is -2.39. The fourth-order valence-corrected chi connectivity index (χ4v) is 8.58. The Balaban J connectivity index is 1.15. The molecule has 4 heterocycles. The summed E-state index contributed by atoms with van der Waals surface area (Å²) >= 11 is 0. The van der Waals surface area contributed by atoms with Crippen LogP contribution < -0.4 is 14.4 Å². The van der Waals surface area contributed by atoms with E-state index >= 15 is 0 Å². The number of nitrogens with zero attached hydrogens (tertiary/aromatic N) is 4. The maximum Gasteiger partial charge on any atom is 0.340 e. The Bertz CT molecular complexity index is 1810. The van der Waals surface area contributed by atoms with E-state index in [1.54, 1.807) is 13.3 Å². The van der Waals surface area contributed by atoms with E-state index in [0.717, 1.165) is 110 Å². The predicted molar refractivity (Wildman–Crippen MR) is 231 cm³/mol. The van der Waals surface area contributed by atoms with Gasteiger partial charge in [0.25, 0.3) is 0 Å². The van der Waals surface area contributed by atoms with Crippen molar-refractivity contribution in [2.75, 3.05) is 31.7 Å². The molecule has 0 bridgehead atoms. The van der Waals surface area contributed by atoms with E-state index < -0.39 is 23.5 Å². The molecule has 2 aliphatic carbocycles. The van der Waals surface area contributed by atoms with Crippen LogP contribution in [-0.4, -0.2) is 77.4 Å². The lowest BCUT2D eigenvalue weighted by molar-refractivity contribution is -0.196. The monoisotopic (exact) mass is 815 g/mol. The van der Waals surface area contributed by atoms with Gasteiger partial charge in [0.1, 0.15) is 11.5 Å². The number of methoxy groups -OCH3 is 1. The van der Waals surface area contributed by atoms with Crippen LogP contribution in [0.15, 0.2) is 42.9 Å². The molecule has 324 valence electrons. The number of hydrogen-bond acceptors (Lipinski definition) is 11. The second-order valence-corrected chi connectivity index (χ2v) is 19.3. The standard InChI is InChI=1S/C48H70N4O7/c1-32(27-34-15-17-37(28-34)58-38-18-16-35(50-29-38)21-26-55-48(8,9)54-10)56-45(53)44(59-46(3,4)5)42-33(2)49-31-40(43(42)52-24-22-47(6,7)23-25-52)41-20-19-39(30-51-41)57-36-13-11-12-14-36/h16,18-20,29-32,34,36-37,44H,11-15,17,21-28H2,1-10H3/t32?,34-,37?,44-/m0/s1. The summed E-state index contributed by atoms with van der Waals surface area (Å²) in [6, 6.07) is 8.00. The molecule has 59 heavy (non-hydrogen) atoms. The van der Waals surface area contributed by atoms with Crippen LogP contribution in [-0.2, 0) is 30.2 Å². The van der Waals surface area contributed by atoms with E-state index in [9.17, 15) is 4.79 Å². The molecule has 0 spiro atoms. The first-order chi connectivity index (χ1) is 28.0. The number of carbonyl (C=O) groups excluding carboxylic acids is 1. The molecule has 0 aromatic carbocycles. The molecular weight excluding hydrogens is 745 g/mol. The van der Waals surface area contributed by atoms with Gasteiger partial charge in [-0.15, -0.1) is 0 Å². The summed E-state index contributed by atoms with van der Waals surface area (Å²) < 4.78 is 36.8. The summed E-state index contributed by atoms with van der Waals surface area (Å²) in [7, 11) is 1.64. The minimum atomic E-state index is -0.979. The van der Waals surface area contributed by atoms with Crippen LogP contribution in [0.5, 0.6) is 11.5 Å². The second-order valence-electron chi connectivity index (χ2n) is 19.3. The van der Waals surface area contributed by atoms with Crippen LogP contribution >= 0.6 is 0 Å². The number of ether oxygens (including phenoxy) is 6. The molecule has 3 fully saturated rings. The van der Waals surface area contributed by atoms with Crippen LogP contribution in [0.2, 0.25) is 0 Å². The first-order valence-electron chi connectivity index (χ1n) is 22.0. The zero-order chi connectivity index (χ0) is 42.4. The molecule has 3 aliphatic rings. The number of rotatable bonds is 17. The van der Waals surface area contributed by atoms with Crippen molar-refractivity contribution >= 4 is 11.7 Å². The van der Waals surface area contributed by atoms with E-state index in [0.29, 0.717) is 18.9 Å². The highest BCUT2D eigenvalue weighted by molar-refractivity contribution is 5.86.